The highest BCUT2D eigenvalue weighted by Gasteiger charge is 2.33. The first-order valence-electron chi connectivity index (χ1n) is 10.9. The van der Waals surface area contributed by atoms with E-state index in [1.807, 2.05) is 48.5 Å². The number of benzene rings is 3. The highest BCUT2D eigenvalue weighted by molar-refractivity contribution is 6.26. The van der Waals surface area contributed by atoms with E-state index in [9.17, 15) is 9.59 Å². The van der Waals surface area contributed by atoms with Crippen LogP contribution in [0.2, 0.25) is 0 Å². The topological polar surface area (TPSA) is 43.9 Å². The van der Waals surface area contributed by atoms with Crippen molar-refractivity contribution >= 4 is 34.0 Å². The summed E-state index contributed by atoms with van der Waals surface area (Å²) in [5.41, 5.74) is 3.46. The monoisotopic (exact) mass is 415 g/mol. The molecule has 0 radical (unpaired) electrons. The lowest BCUT2D eigenvalue weighted by Gasteiger charge is -2.30. The van der Waals surface area contributed by atoms with Gasteiger partial charge in [0.05, 0.1) is 0 Å². The predicted octanol–water partition coefficient (Wildman–Crippen LogP) is 4.81. The van der Waals surface area contributed by atoms with E-state index < -0.39 is 0 Å². The van der Waals surface area contributed by atoms with Crippen molar-refractivity contribution in [2.75, 3.05) is 43.5 Å². The molecule has 160 valence electrons. The standard InChI is InChI=1S/C26H29N3O2/c1-4-5-16-29-25(30)21-13-9-12-20-23(15-14-22(24(20)21)26(29)31)28(3)18-17-27(2)19-10-7-6-8-11-19/h6-15H,4-5,16-18H2,1-3H3. The Hall–Kier alpha value is -3.34. The lowest BCUT2D eigenvalue weighted by molar-refractivity contribution is 0.0608. The number of hydrogen-bond acceptors (Lipinski definition) is 4. The Morgan fingerprint density at radius 2 is 1.45 bits per heavy atom. The lowest BCUT2D eigenvalue weighted by Crippen LogP contribution is -2.41. The molecule has 0 atom stereocenters. The third kappa shape index (κ3) is 3.88. The van der Waals surface area contributed by atoms with Gasteiger partial charge in [-0.25, -0.2) is 0 Å². The fraction of sp³-hybridized carbons (Fsp3) is 0.308. The molecule has 5 heteroatoms. The van der Waals surface area contributed by atoms with Crippen molar-refractivity contribution in [1.29, 1.82) is 0 Å². The van der Waals surface area contributed by atoms with Crippen LogP contribution in [0.1, 0.15) is 40.5 Å². The summed E-state index contributed by atoms with van der Waals surface area (Å²) in [6.07, 6.45) is 1.76. The van der Waals surface area contributed by atoms with Crippen molar-refractivity contribution in [3.8, 4) is 0 Å². The van der Waals surface area contributed by atoms with Crippen LogP contribution in [0.15, 0.2) is 60.7 Å². The van der Waals surface area contributed by atoms with E-state index in [0.29, 0.717) is 17.7 Å². The zero-order valence-corrected chi connectivity index (χ0v) is 18.5. The molecule has 0 bridgehead atoms. The molecule has 3 aromatic rings. The first-order valence-corrected chi connectivity index (χ1v) is 10.9. The zero-order chi connectivity index (χ0) is 22.0. The van der Waals surface area contributed by atoms with Crippen LogP contribution in [-0.4, -0.2) is 50.4 Å². The largest absolute Gasteiger partial charge is 0.373 e. The number of carbonyl (C=O) groups is 2. The summed E-state index contributed by atoms with van der Waals surface area (Å²) in [7, 11) is 4.14. The smallest absolute Gasteiger partial charge is 0.261 e. The van der Waals surface area contributed by atoms with Gasteiger partial charge in [-0.15, -0.1) is 0 Å². The Kier molecular flexibility index (Phi) is 5.94. The third-order valence-corrected chi connectivity index (χ3v) is 6.08. The van der Waals surface area contributed by atoms with Crippen molar-refractivity contribution < 1.29 is 9.59 Å². The number of imide groups is 1. The number of nitrogens with zero attached hydrogens (tertiary/aromatic N) is 3. The SMILES string of the molecule is CCCCN1C(=O)c2cccc3c(N(C)CCN(C)c4ccccc4)ccc(c23)C1=O. The van der Waals surface area contributed by atoms with Gasteiger partial charge in [0.1, 0.15) is 0 Å². The number of rotatable bonds is 8. The average molecular weight is 416 g/mol. The number of hydrogen-bond donors (Lipinski definition) is 0. The second kappa shape index (κ2) is 8.80. The molecule has 1 aliphatic heterocycles. The minimum absolute atomic E-state index is 0.180. The van der Waals surface area contributed by atoms with Crippen molar-refractivity contribution in [2.24, 2.45) is 0 Å². The second-order valence-electron chi connectivity index (χ2n) is 8.15. The maximum absolute atomic E-state index is 13.1. The average Bonchev–Trinajstić information content (AvgIpc) is 2.81. The molecule has 0 unspecified atom stereocenters. The van der Waals surface area contributed by atoms with Gasteiger partial charge in [-0.2, -0.15) is 0 Å². The summed E-state index contributed by atoms with van der Waals surface area (Å²) >= 11 is 0. The quantitative estimate of drug-likeness (QED) is 0.495. The molecule has 0 saturated carbocycles. The molecule has 4 rings (SSSR count). The highest BCUT2D eigenvalue weighted by Crippen LogP contribution is 2.35. The summed E-state index contributed by atoms with van der Waals surface area (Å²) in [6.45, 7) is 4.20. The van der Waals surface area contributed by atoms with E-state index in [0.717, 1.165) is 42.4 Å². The van der Waals surface area contributed by atoms with Crippen LogP contribution in [0.3, 0.4) is 0 Å². The summed E-state index contributed by atoms with van der Waals surface area (Å²) in [5, 5.41) is 1.74. The Morgan fingerprint density at radius 3 is 2.16 bits per heavy atom. The van der Waals surface area contributed by atoms with Gasteiger partial charge < -0.3 is 9.80 Å². The van der Waals surface area contributed by atoms with Gasteiger partial charge in [0.15, 0.2) is 0 Å². The van der Waals surface area contributed by atoms with Gasteiger partial charge in [0.25, 0.3) is 11.8 Å². The molecule has 1 heterocycles. The Balaban J connectivity index is 1.63. The van der Waals surface area contributed by atoms with Gasteiger partial charge in [0, 0.05) is 67.0 Å². The zero-order valence-electron chi connectivity index (χ0n) is 18.5. The molecule has 1 aliphatic rings. The number of amides is 2. The number of likely N-dealkylation sites (N-methyl/N-ethyl adjacent to an activating group) is 2. The molecule has 0 saturated heterocycles. The van der Waals surface area contributed by atoms with Crippen LogP contribution in [0.5, 0.6) is 0 Å². The summed E-state index contributed by atoms with van der Waals surface area (Å²) in [6, 6.07) is 20.0. The predicted molar refractivity (Wildman–Crippen MR) is 127 cm³/mol. The van der Waals surface area contributed by atoms with Gasteiger partial charge in [-0.3, -0.25) is 14.5 Å². The minimum Gasteiger partial charge on any atom is -0.373 e. The van der Waals surface area contributed by atoms with Crippen molar-refractivity contribution in [1.82, 2.24) is 4.90 Å². The number of carbonyl (C=O) groups excluding carboxylic acids is 2. The summed E-state index contributed by atoms with van der Waals surface area (Å²) in [5.74, 6) is -0.361. The van der Waals surface area contributed by atoms with E-state index in [1.165, 1.54) is 10.6 Å². The lowest BCUT2D eigenvalue weighted by atomic mass is 9.92. The molecule has 0 aliphatic carbocycles. The summed E-state index contributed by atoms with van der Waals surface area (Å²) < 4.78 is 0. The molecule has 0 aromatic heterocycles. The first-order chi connectivity index (χ1) is 15.0. The van der Waals surface area contributed by atoms with E-state index in [-0.39, 0.29) is 11.8 Å². The van der Waals surface area contributed by atoms with Gasteiger partial charge in [-0.1, -0.05) is 43.7 Å². The first kappa shape index (κ1) is 20.9. The second-order valence-corrected chi connectivity index (χ2v) is 8.15. The van der Waals surface area contributed by atoms with E-state index in [2.05, 4.69) is 43.0 Å². The molecule has 0 fully saturated rings. The molecule has 2 amide bonds. The van der Waals surface area contributed by atoms with Gasteiger partial charge in [0.2, 0.25) is 0 Å². The fourth-order valence-corrected chi connectivity index (χ4v) is 4.21. The van der Waals surface area contributed by atoms with Crippen LogP contribution in [0, 0.1) is 0 Å². The number of unbranched alkanes of at least 4 members (excludes halogenated alkanes) is 1. The van der Waals surface area contributed by atoms with Crippen molar-refractivity contribution in [3.63, 3.8) is 0 Å². The molecule has 31 heavy (non-hydrogen) atoms. The normalized spacial score (nSPS) is 13.1. The summed E-state index contributed by atoms with van der Waals surface area (Å²) in [4.78, 5) is 31.9. The van der Waals surface area contributed by atoms with E-state index in [4.69, 9.17) is 0 Å². The maximum atomic E-state index is 13.1. The van der Waals surface area contributed by atoms with Crippen LogP contribution in [0.4, 0.5) is 11.4 Å². The van der Waals surface area contributed by atoms with Crippen molar-refractivity contribution in [3.05, 3.63) is 71.8 Å². The van der Waals surface area contributed by atoms with E-state index in [1.54, 1.807) is 0 Å². The number of para-hydroxylation sites is 1. The molecular weight excluding hydrogens is 386 g/mol. The van der Waals surface area contributed by atoms with Gasteiger partial charge in [-0.05, 0) is 36.8 Å². The minimum atomic E-state index is -0.180. The van der Waals surface area contributed by atoms with Crippen LogP contribution >= 0.6 is 0 Å². The Morgan fingerprint density at radius 1 is 0.774 bits per heavy atom. The Labute approximate surface area is 183 Å². The van der Waals surface area contributed by atoms with Crippen LogP contribution in [-0.2, 0) is 0 Å². The highest BCUT2D eigenvalue weighted by atomic mass is 16.2. The maximum Gasteiger partial charge on any atom is 0.261 e. The number of anilines is 2. The van der Waals surface area contributed by atoms with Crippen LogP contribution in [0.25, 0.3) is 10.8 Å². The van der Waals surface area contributed by atoms with Crippen LogP contribution < -0.4 is 9.80 Å². The Bertz CT molecular complexity index is 1090. The molecule has 0 N–H and O–H groups in total. The van der Waals surface area contributed by atoms with Crippen molar-refractivity contribution in [2.45, 2.75) is 19.8 Å². The molecular formula is C26H29N3O2. The fourth-order valence-electron chi connectivity index (χ4n) is 4.21. The third-order valence-electron chi connectivity index (χ3n) is 6.08. The molecule has 5 nitrogen and oxygen atoms in total. The van der Waals surface area contributed by atoms with E-state index >= 15 is 0 Å². The van der Waals surface area contributed by atoms with Gasteiger partial charge >= 0.3 is 0 Å². The molecule has 3 aromatic carbocycles. The molecule has 0 spiro atoms.